The lowest BCUT2D eigenvalue weighted by molar-refractivity contribution is -0.121. The average Bonchev–Trinajstić information content (AvgIpc) is 3.03. The number of carbonyl (C=O) groups is 1. The molecule has 2 rings (SSSR count). The standard InChI is InChI=1S/C14H22N2OS/c1-9-8-13(11(3)18-9)10(2)16-14(17)6-7-15-12-4-5-12/h8,10,12,15H,4-7H2,1-3H3,(H,16,17). The van der Waals surface area contributed by atoms with Crippen LogP contribution in [0.5, 0.6) is 0 Å². The molecular formula is C14H22N2OS. The maximum atomic E-state index is 11.8. The summed E-state index contributed by atoms with van der Waals surface area (Å²) in [6.07, 6.45) is 3.11. The molecule has 0 saturated heterocycles. The summed E-state index contributed by atoms with van der Waals surface area (Å²) in [5, 5.41) is 6.43. The highest BCUT2D eigenvalue weighted by molar-refractivity contribution is 7.12. The molecule has 1 unspecified atom stereocenters. The van der Waals surface area contributed by atoms with Crippen LogP contribution < -0.4 is 10.6 Å². The van der Waals surface area contributed by atoms with Crippen molar-refractivity contribution in [3.8, 4) is 0 Å². The van der Waals surface area contributed by atoms with Gasteiger partial charge in [-0.1, -0.05) is 0 Å². The van der Waals surface area contributed by atoms with Crippen molar-refractivity contribution in [2.24, 2.45) is 0 Å². The zero-order chi connectivity index (χ0) is 13.1. The summed E-state index contributed by atoms with van der Waals surface area (Å²) in [6, 6.07) is 2.97. The lowest BCUT2D eigenvalue weighted by Crippen LogP contribution is -2.30. The van der Waals surface area contributed by atoms with Crippen molar-refractivity contribution in [2.45, 2.75) is 52.1 Å². The summed E-state index contributed by atoms with van der Waals surface area (Å²) in [7, 11) is 0. The zero-order valence-electron chi connectivity index (χ0n) is 11.4. The molecule has 2 N–H and O–H groups in total. The van der Waals surface area contributed by atoms with E-state index in [-0.39, 0.29) is 11.9 Å². The van der Waals surface area contributed by atoms with Crippen LogP contribution in [0.25, 0.3) is 0 Å². The third-order valence-corrected chi connectivity index (χ3v) is 4.27. The molecule has 1 atom stereocenters. The Morgan fingerprint density at radius 2 is 2.22 bits per heavy atom. The molecule has 1 aromatic rings. The van der Waals surface area contributed by atoms with Gasteiger partial charge in [-0.05, 0) is 45.2 Å². The number of nitrogens with one attached hydrogen (secondary N) is 2. The van der Waals surface area contributed by atoms with E-state index in [4.69, 9.17) is 0 Å². The Kier molecular flexibility index (Phi) is 4.40. The first kappa shape index (κ1) is 13.6. The maximum Gasteiger partial charge on any atom is 0.221 e. The summed E-state index contributed by atoms with van der Waals surface area (Å²) in [5.74, 6) is 0.138. The van der Waals surface area contributed by atoms with Crippen LogP contribution in [0.3, 0.4) is 0 Å². The highest BCUT2D eigenvalue weighted by atomic mass is 32.1. The van der Waals surface area contributed by atoms with Crippen molar-refractivity contribution in [3.63, 3.8) is 0 Å². The number of amides is 1. The van der Waals surface area contributed by atoms with E-state index in [2.05, 4.69) is 37.5 Å². The Balaban J connectivity index is 1.76. The van der Waals surface area contributed by atoms with Crippen LogP contribution in [0, 0.1) is 13.8 Å². The first-order chi connectivity index (χ1) is 8.56. The Hall–Kier alpha value is -0.870. The van der Waals surface area contributed by atoms with Crippen molar-refractivity contribution >= 4 is 17.2 Å². The normalized spacial score (nSPS) is 16.6. The third-order valence-electron chi connectivity index (χ3n) is 3.29. The van der Waals surface area contributed by atoms with Crippen molar-refractivity contribution in [2.75, 3.05) is 6.54 Å². The van der Waals surface area contributed by atoms with Crippen molar-refractivity contribution < 1.29 is 4.79 Å². The highest BCUT2D eigenvalue weighted by Crippen LogP contribution is 2.26. The molecule has 1 heterocycles. The largest absolute Gasteiger partial charge is 0.350 e. The van der Waals surface area contributed by atoms with Gasteiger partial charge in [-0.2, -0.15) is 0 Å². The minimum Gasteiger partial charge on any atom is -0.350 e. The highest BCUT2D eigenvalue weighted by Gasteiger charge is 2.20. The summed E-state index contributed by atoms with van der Waals surface area (Å²) < 4.78 is 0. The van der Waals surface area contributed by atoms with E-state index < -0.39 is 0 Å². The fourth-order valence-electron chi connectivity index (χ4n) is 2.15. The van der Waals surface area contributed by atoms with Gasteiger partial charge in [0.25, 0.3) is 0 Å². The first-order valence-electron chi connectivity index (χ1n) is 6.66. The van der Waals surface area contributed by atoms with Gasteiger partial charge in [0.2, 0.25) is 5.91 Å². The van der Waals surface area contributed by atoms with Gasteiger partial charge in [-0.25, -0.2) is 0 Å². The van der Waals surface area contributed by atoms with E-state index in [1.165, 1.54) is 28.2 Å². The number of rotatable bonds is 6. The molecule has 0 radical (unpaired) electrons. The predicted molar refractivity (Wildman–Crippen MR) is 76.0 cm³/mol. The lowest BCUT2D eigenvalue weighted by Gasteiger charge is -2.14. The van der Waals surface area contributed by atoms with E-state index in [1.54, 1.807) is 11.3 Å². The number of thiophene rings is 1. The monoisotopic (exact) mass is 266 g/mol. The van der Waals surface area contributed by atoms with E-state index in [0.29, 0.717) is 12.5 Å². The molecule has 0 aliphatic heterocycles. The molecular weight excluding hydrogens is 244 g/mol. The number of hydrogen-bond acceptors (Lipinski definition) is 3. The van der Waals surface area contributed by atoms with E-state index in [0.717, 1.165) is 6.54 Å². The van der Waals surface area contributed by atoms with Crippen molar-refractivity contribution in [1.29, 1.82) is 0 Å². The molecule has 0 spiro atoms. The smallest absolute Gasteiger partial charge is 0.221 e. The summed E-state index contributed by atoms with van der Waals surface area (Å²) >= 11 is 1.79. The van der Waals surface area contributed by atoms with Gasteiger partial charge in [-0.15, -0.1) is 11.3 Å². The van der Waals surface area contributed by atoms with E-state index in [9.17, 15) is 4.79 Å². The SMILES string of the molecule is Cc1cc(C(C)NC(=O)CCNC2CC2)c(C)s1. The molecule has 1 saturated carbocycles. The van der Waals surface area contributed by atoms with Gasteiger partial charge in [0.1, 0.15) is 0 Å². The Labute approximate surface area is 113 Å². The van der Waals surface area contributed by atoms with E-state index in [1.807, 2.05) is 0 Å². The lowest BCUT2D eigenvalue weighted by atomic mass is 10.1. The van der Waals surface area contributed by atoms with E-state index >= 15 is 0 Å². The Morgan fingerprint density at radius 1 is 1.50 bits per heavy atom. The van der Waals surface area contributed by atoms with Gasteiger partial charge in [-0.3, -0.25) is 4.79 Å². The van der Waals surface area contributed by atoms with Crippen LogP contribution >= 0.6 is 11.3 Å². The first-order valence-corrected chi connectivity index (χ1v) is 7.47. The summed E-state index contributed by atoms with van der Waals surface area (Å²) in [6.45, 7) is 7.07. The molecule has 4 heteroatoms. The number of aryl methyl sites for hydroxylation is 2. The molecule has 100 valence electrons. The second-order valence-corrected chi connectivity index (χ2v) is 6.60. The van der Waals surface area contributed by atoms with Gasteiger partial charge in [0, 0.05) is 28.8 Å². The fourth-order valence-corrected chi connectivity index (χ4v) is 3.17. The van der Waals surface area contributed by atoms with Crippen LogP contribution in [-0.2, 0) is 4.79 Å². The third kappa shape index (κ3) is 3.82. The van der Waals surface area contributed by atoms with Gasteiger partial charge in [0.15, 0.2) is 0 Å². The molecule has 1 aliphatic carbocycles. The molecule has 18 heavy (non-hydrogen) atoms. The summed E-state index contributed by atoms with van der Waals surface area (Å²) in [5.41, 5.74) is 1.25. The minimum atomic E-state index is 0.114. The second kappa shape index (κ2) is 5.85. The second-order valence-electron chi connectivity index (χ2n) is 5.14. The maximum absolute atomic E-state index is 11.8. The molecule has 3 nitrogen and oxygen atoms in total. The fraction of sp³-hybridized carbons (Fsp3) is 0.643. The number of carbonyl (C=O) groups excluding carboxylic acids is 1. The van der Waals surface area contributed by atoms with Crippen LogP contribution in [0.4, 0.5) is 0 Å². The molecule has 1 fully saturated rings. The van der Waals surface area contributed by atoms with Crippen molar-refractivity contribution in [1.82, 2.24) is 10.6 Å². The van der Waals surface area contributed by atoms with Crippen LogP contribution in [0.2, 0.25) is 0 Å². The molecule has 0 bridgehead atoms. The summed E-state index contributed by atoms with van der Waals surface area (Å²) in [4.78, 5) is 14.4. The number of hydrogen-bond donors (Lipinski definition) is 2. The van der Waals surface area contributed by atoms with Crippen LogP contribution in [0.15, 0.2) is 6.07 Å². The Morgan fingerprint density at radius 3 is 2.78 bits per heavy atom. The average molecular weight is 266 g/mol. The topological polar surface area (TPSA) is 41.1 Å². The molecule has 1 amide bonds. The van der Waals surface area contributed by atoms with Crippen LogP contribution in [-0.4, -0.2) is 18.5 Å². The minimum absolute atomic E-state index is 0.114. The van der Waals surface area contributed by atoms with Crippen molar-refractivity contribution in [3.05, 3.63) is 21.4 Å². The van der Waals surface area contributed by atoms with Gasteiger partial charge >= 0.3 is 0 Å². The quantitative estimate of drug-likeness (QED) is 0.831. The Bertz CT molecular complexity index is 423. The van der Waals surface area contributed by atoms with Crippen LogP contribution in [0.1, 0.15) is 47.5 Å². The van der Waals surface area contributed by atoms with Gasteiger partial charge in [0.05, 0.1) is 6.04 Å². The molecule has 1 aliphatic rings. The molecule has 0 aromatic carbocycles. The van der Waals surface area contributed by atoms with Gasteiger partial charge < -0.3 is 10.6 Å². The molecule has 1 aromatic heterocycles. The zero-order valence-corrected chi connectivity index (χ0v) is 12.2. The predicted octanol–water partition coefficient (Wildman–Crippen LogP) is 2.68.